The van der Waals surface area contributed by atoms with E-state index in [2.05, 4.69) is 16.7 Å². The highest BCUT2D eigenvalue weighted by molar-refractivity contribution is 6.02. The molecule has 0 radical (unpaired) electrons. The number of hydrogen-bond donors (Lipinski definition) is 1. The van der Waals surface area contributed by atoms with Crippen molar-refractivity contribution in [3.8, 4) is 22.6 Å². The van der Waals surface area contributed by atoms with Crippen molar-refractivity contribution in [2.45, 2.75) is 20.4 Å². The number of carbonyl (C=O) groups excluding carboxylic acids is 1. The smallest absolute Gasteiger partial charge is 0.251 e. The number of primary amides is 1. The zero-order valence-electron chi connectivity index (χ0n) is 17.1. The van der Waals surface area contributed by atoms with E-state index >= 15 is 0 Å². The highest BCUT2D eigenvalue weighted by atomic mass is 16.5. The quantitative estimate of drug-likeness (QED) is 0.454. The van der Waals surface area contributed by atoms with Gasteiger partial charge in [0, 0.05) is 23.5 Å². The molecule has 150 valence electrons. The number of aromatic nitrogens is 1. The summed E-state index contributed by atoms with van der Waals surface area (Å²) in [6.45, 7) is 4.66. The van der Waals surface area contributed by atoms with E-state index in [4.69, 9.17) is 10.5 Å². The van der Waals surface area contributed by atoms with E-state index in [1.54, 1.807) is 0 Å². The second-order valence-electron chi connectivity index (χ2n) is 7.30. The van der Waals surface area contributed by atoms with Crippen molar-refractivity contribution in [1.82, 2.24) is 4.57 Å². The molecule has 0 saturated heterocycles. The lowest BCUT2D eigenvalue weighted by atomic mass is 10.00. The monoisotopic (exact) mass is 396 g/mol. The maximum absolute atomic E-state index is 12.4. The first kappa shape index (κ1) is 19.5. The maximum Gasteiger partial charge on any atom is 0.251 e. The first-order valence-corrected chi connectivity index (χ1v) is 9.91. The topological polar surface area (TPSA) is 57.3 Å². The summed E-state index contributed by atoms with van der Waals surface area (Å²) in [7, 11) is 0. The average molecular weight is 396 g/mol. The Balaban J connectivity index is 1.78. The normalized spacial score (nSPS) is 10.7. The predicted molar refractivity (Wildman–Crippen MR) is 120 cm³/mol. The third-order valence-electron chi connectivity index (χ3n) is 5.31. The molecule has 0 fully saturated rings. The van der Waals surface area contributed by atoms with Crippen LogP contribution < -0.4 is 10.5 Å². The summed E-state index contributed by atoms with van der Waals surface area (Å²) in [5, 5.41) is 0. The number of benzene rings is 3. The molecule has 0 aliphatic rings. The van der Waals surface area contributed by atoms with Crippen molar-refractivity contribution in [2.24, 2.45) is 5.73 Å². The van der Waals surface area contributed by atoms with Crippen LogP contribution in [0.15, 0.2) is 84.9 Å². The summed E-state index contributed by atoms with van der Waals surface area (Å²) in [5.41, 5.74) is 11.2. The molecule has 1 heterocycles. The lowest BCUT2D eigenvalue weighted by molar-refractivity contribution is 0.1000. The number of amides is 1. The average Bonchev–Trinajstić information content (AvgIpc) is 3.00. The number of hydrogen-bond acceptors (Lipinski definition) is 2. The number of carbonyl (C=O) groups is 1. The number of nitrogens with two attached hydrogens (primary N) is 1. The van der Waals surface area contributed by atoms with Crippen molar-refractivity contribution in [1.29, 1.82) is 0 Å². The van der Waals surface area contributed by atoms with E-state index in [1.807, 2.05) is 86.6 Å². The minimum atomic E-state index is -0.424. The van der Waals surface area contributed by atoms with E-state index in [0.717, 1.165) is 28.3 Å². The molecular weight excluding hydrogens is 372 g/mol. The molecule has 0 unspecified atom stereocenters. The molecular formula is C26H24N2O2. The van der Waals surface area contributed by atoms with Crippen LogP contribution in [0.5, 0.6) is 11.5 Å². The molecule has 4 rings (SSSR count). The first-order valence-electron chi connectivity index (χ1n) is 9.91. The number of rotatable bonds is 6. The highest BCUT2D eigenvalue weighted by Crippen LogP contribution is 2.35. The number of para-hydroxylation sites is 1. The zero-order valence-corrected chi connectivity index (χ0v) is 17.1. The van der Waals surface area contributed by atoms with Gasteiger partial charge < -0.3 is 15.0 Å². The van der Waals surface area contributed by atoms with Crippen molar-refractivity contribution in [3.05, 3.63) is 107 Å². The minimum Gasteiger partial charge on any atom is -0.457 e. The third kappa shape index (κ3) is 3.85. The predicted octanol–water partition coefficient (Wildman–Crippen LogP) is 5.71. The van der Waals surface area contributed by atoms with Crippen LogP contribution in [0, 0.1) is 13.8 Å². The summed E-state index contributed by atoms with van der Waals surface area (Å²) in [6, 6.07) is 27.6. The Hall–Kier alpha value is -3.79. The van der Waals surface area contributed by atoms with Gasteiger partial charge in [0.2, 0.25) is 0 Å². The van der Waals surface area contributed by atoms with Gasteiger partial charge in [0.25, 0.3) is 5.91 Å². The van der Waals surface area contributed by atoms with Gasteiger partial charge in [-0.25, -0.2) is 0 Å². The molecule has 2 N–H and O–H groups in total. The van der Waals surface area contributed by atoms with Crippen molar-refractivity contribution >= 4 is 5.91 Å². The van der Waals surface area contributed by atoms with Gasteiger partial charge in [-0.05, 0) is 49.2 Å². The number of ether oxygens (including phenoxy) is 1. The van der Waals surface area contributed by atoms with Gasteiger partial charge in [-0.15, -0.1) is 0 Å². The van der Waals surface area contributed by atoms with Crippen LogP contribution in [-0.2, 0) is 6.54 Å². The fraction of sp³-hybridized carbons (Fsp3) is 0.115. The fourth-order valence-corrected chi connectivity index (χ4v) is 3.88. The van der Waals surface area contributed by atoms with Gasteiger partial charge in [0.05, 0.1) is 5.56 Å². The molecule has 0 bridgehead atoms. The lowest BCUT2D eigenvalue weighted by Crippen LogP contribution is -2.13. The highest BCUT2D eigenvalue weighted by Gasteiger charge is 2.23. The van der Waals surface area contributed by atoms with Crippen molar-refractivity contribution < 1.29 is 9.53 Å². The SMILES string of the molecule is Cc1c(C(N)=O)c(-c2cccc(Oc3ccccc3)c2)c(C)n1Cc1ccccc1. The Bertz CT molecular complexity index is 1180. The Morgan fingerprint density at radius 1 is 0.833 bits per heavy atom. The second kappa shape index (κ2) is 8.29. The first-order chi connectivity index (χ1) is 14.5. The molecule has 30 heavy (non-hydrogen) atoms. The van der Waals surface area contributed by atoms with E-state index < -0.39 is 5.91 Å². The van der Waals surface area contributed by atoms with Crippen LogP contribution >= 0.6 is 0 Å². The maximum atomic E-state index is 12.4. The van der Waals surface area contributed by atoms with Crippen LogP contribution in [-0.4, -0.2) is 10.5 Å². The minimum absolute atomic E-state index is 0.424. The zero-order chi connectivity index (χ0) is 21.1. The molecule has 4 aromatic rings. The summed E-state index contributed by atoms with van der Waals surface area (Å²) >= 11 is 0. The molecule has 1 aromatic heterocycles. The van der Waals surface area contributed by atoms with E-state index in [-0.39, 0.29) is 0 Å². The molecule has 0 atom stereocenters. The summed E-state index contributed by atoms with van der Waals surface area (Å²) in [5.74, 6) is 1.05. The van der Waals surface area contributed by atoms with Crippen LogP contribution in [0.25, 0.3) is 11.1 Å². The molecule has 4 heteroatoms. The molecule has 0 aliphatic heterocycles. The van der Waals surface area contributed by atoms with Gasteiger partial charge in [0.1, 0.15) is 11.5 Å². The Labute approximate surface area is 176 Å². The molecule has 4 nitrogen and oxygen atoms in total. The van der Waals surface area contributed by atoms with Crippen LogP contribution in [0.1, 0.15) is 27.3 Å². The Morgan fingerprint density at radius 2 is 1.47 bits per heavy atom. The van der Waals surface area contributed by atoms with Gasteiger partial charge in [-0.1, -0.05) is 60.7 Å². The third-order valence-corrected chi connectivity index (χ3v) is 5.31. The lowest BCUT2D eigenvalue weighted by Gasteiger charge is -2.11. The van der Waals surface area contributed by atoms with Gasteiger partial charge in [0.15, 0.2) is 0 Å². The van der Waals surface area contributed by atoms with Gasteiger partial charge in [-0.3, -0.25) is 4.79 Å². The number of nitrogens with zero attached hydrogens (tertiary/aromatic N) is 1. The molecule has 1 amide bonds. The summed E-state index contributed by atoms with van der Waals surface area (Å²) in [6.07, 6.45) is 0. The van der Waals surface area contributed by atoms with Crippen molar-refractivity contribution in [2.75, 3.05) is 0 Å². The largest absolute Gasteiger partial charge is 0.457 e. The van der Waals surface area contributed by atoms with E-state index in [9.17, 15) is 4.79 Å². The van der Waals surface area contributed by atoms with E-state index in [1.165, 1.54) is 5.56 Å². The Kier molecular flexibility index (Phi) is 5.40. The Morgan fingerprint density at radius 3 is 2.13 bits per heavy atom. The fourth-order valence-electron chi connectivity index (χ4n) is 3.88. The van der Waals surface area contributed by atoms with Crippen molar-refractivity contribution in [3.63, 3.8) is 0 Å². The van der Waals surface area contributed by atoms with Crippen LogP contribution in [0.2, 0.25) is 0 Å². The molecule has 3 aromatic carbocycles. The summed E-state index contributed by atoms with van der Waals surface area (Å²) in [4.78, 5) is 12.4. The van der Waals surface area contributed by atoms with Crippen LogP contribution in [0.3, 0.4) is 0 Å². The van der Waals surface area contributed by atoms with Crippen LogP contribution in [0.4, 0.5) is 0 Å². The van der Waals surface area contributed by atoms with Gasteiger partial charge in [-0.2, -0.15) is 0 Å². The van der Waals surface area contributed by atoms with E-state index in [0.29, 0.717) is 17.9 Å². The second-order valence-corrected chi connectivity index (χ2v) is 7.30. The molecule has 0 spiro atoms. The summed E-state index contributed by atoms with van der Waals surface area (Å²) < 4.78 is 8.14. The standard InChI is InChI=1S/C26H24N2O2/c1-18-24(21-12-9-15-23(16-21)30-22-13-7-4-8-14-22)25(26(27)29)19(2)28(18)17-20-10-5-3-6-11-20/h3-16H,17H2,1-2H3,(H2,27,29). The van der Waals surface area contributed by atoms with Gasteiger partial charge >= 0.3 is 0 Å². The molecule has 0 saturated carbocycles. The molecule has 0 aliphatic carbocycles.